The Labute approximate surface area is 142 Å². The molecular weight excluding hydrogens is 302 g/mol. The van der Waals surface area contributed by atoms with Crippen molar-refractivity contribution in [2.24, 2.45) is 0 Å². The SMILES string of the molecule is O=C(Nc1cccc(CO)c1)C(OC1CCCC1)c1ccccc1. The number of benzene rings is 2. The van der Waals surface area contributed by atoms with Crippen LogP contribution < -0.4 is 5.32 Å². The van der Waals surface area contributed by atoms with Gasteiger partial charge in [0.2, 0.25) is 0 Å². The maximum atomic E-state index is 12.8. The molecule has 0 aromatic heterocycles. The summed E-state index contributed by atoms with van der Waals surface area (Å²) in [5.74, 6) is -0.178. The van der Waals surface area contributed by atoms with Crippen LogP contribution in [-0.4, -0.2) is 17.1 Å². The Kier molecular flexibility index (Phi) is 5.62. The average Bonchev–Trinajstić information content (AvgIpc) is 3.14. The van der Waals surface area contributed by atoms with Crippen LogP contribution in [0.25, 0.3) is 0 Å². The Hall–Kier alpha value is -2.17. The van der Waals surface area contributed by atoms with Crippen molar-refractivity contribution in [2.75, 3.05) is 5.32 Å². The van der Waals surface area contributed by atoms with Crippen molar-refractivity contribution in [1.29, 1.82) is 0 Å². The molecule has 1 atom stereocenters. The van der Waals surface area contributed by atoms with Gasteiger partial charge in [-0.1, -0.05) is 55.3 Å². The smallest absolute Gasteiger partial charge is 0.258 e. The second-order valence-corrected chi connectivity index (χ2v) is 6.18. The summed E-state index contributed by atoms with van der Waals surface area (Å²) in [6.07, 6.45) is 3.86. The molecule has 0 radical (unpaired) electrons. The van der Waals surface area contributed by atoms with E-state index in [1.54, 1.807) is 6.07 Å². The first kappa shape index (κ1) is 16.7. The fourth-order valence-corrected chi connectivity index (χ4v) is 3.09. The summed E-state index contributed by atoms with van der Waals surface area (Å²) < 4.78 is 6.13. The maximum Gasteiger partial charge on any atom is 0.258 e. The average molecular weight is 325 g/mol. The van der Waals surface area contributed by atoms with Crippen molar-refractivity contribution >= 4 is 11.6 Å². The summed E-state index contributed by atoms with van der Waals surface area (Å²) in [6, 6.07) is 16.8. The van der Waals surface area contributed by atoms with Crippen molar-refractivity contribution in [3.63, 3.8) is 0 Å². The molecule has 0 aliphatic heterocycles. The van der Waals surface area contributed by atoms with E-state index in [0.29, 0.717) is 5.69 Å². The second kappa shape index (κ2) is 8.08. The van der Waals surface area contributed by atoms with E-state index in [1.807, 2.05) is 48.5 Å². The fourth-order valence-electron chi connectivity index (χ4n) is 3.09. The van der Waals surface area contributed by atoms with Gasteiger partial charge in [-0.15, -0.1) is 0 Å². The number of anilines is 1. The molecule has 4 nitrogen and oxygen atoms in total. The Bertz CT molecular complexity index is 666. The normalized spacial score (nSPS) is 16.0. The minimum atomic E-state index is -0.618. The zero-order valence-corrected chi connectivity index (χ0v) is 13.7. The number of rotatable bonds is 6. The Morgan fingerprint density at radius 1 is 1.12 bits per heavy atom. The molecule has 1 saturated carbocycles. The molecule has 1 fully saturated rings. The van der Waals surface area contributed by atoms with Gasteiger partial charge in [0, 0.05) is 5.69 Å². The van der Waals surface area contributed by atoms with Crippen molar-refractivity contribution in [1.82, 2.24) is 0 Å². The van der Waals surface area contributed by atoms with E-state index in [2.05, 4.69) is 5.32 Å². The number of hydrogen-bond donors (Lipinski definition) is 2. The molecule has 0 heterocycles. The highest BCUT2D eigenvalue weighted by atomic mass is 16.5. The number of ether oxygens (including phenoxy) is 1. The van der Waals surface area contributed by atoms with Gasteiger partial charge in [0.15, 0.2) is 6.10 Å². The molecule has 24 heavy (non-hydrogen) atoms. The van der Waals surface area contributed by atoms with Crippen LogP contribution in [0.2, 0.25) is 0 Å². The summed E-state index contributed by atoms with van der Waals surface area (Å²) in [6.45, 7) is -0.0512. The van der Waals surface area contributed by atoms with Crippen molar-refractivity contribution in [3.05, 3.63) is 65.7 Å². The quantitative estimate of drug-likeness (QED) is 0.849. The summed E-state index contributed by atoms with van der Waals surface area (Å²) in [4.78, 5) is 12.8. The van der Waals surface area contributed by atoms with Crippen LogP contribution in [0.3, 0.4) is 0 Å². The number of aliphatic hydroxyl groups excluding tert-OH is 1. The molecule has 0 saturated heterocycles. The molecule has 2 aromatic carbocycles. The first-order valence-corrected chi connectivity index (χ1v) is 8.47. The van der Waals surface area contributed by atoms with Crippen LogP contribution in [0.15, 0.2) is 54.6 Å². The van der Waals surface area contributed by atoms with Gasteiger partial charge in [-0.25, -0.2) is 0 Å². The number of carbonyl (C=O) groups is 1. The van der Waals surface area contributed by atoms with Crippen LogP contribution in [0.4, 0.5) is 5.69 Å². The summed E-state index contributed by atoms with van der Waals surface area (Å²) in [5, 5.41) is 12.1. The maximum absolute atomic E-state index is 12.8. The van der Waals surface area contributed by atoms with Gasteiger partial charge in [0.05, 0.1) is 12.7 Å². The highest BCUT2D eigenvalue weighted by Gasteiger charge is 2.27. The third-order valence-electron chi connectivity index (χ3n) is 4.35. The number of hydrogen-bond acceptors (Lipinski definition) is 3. The second-order valence-electron chi connectivity index (χ2n) is 6.18. The third kappa shape index (κ3) is 4.22. The molecule has 126 valence electrons. The van der Waals surface area contributed by atoms with Gasteiger partial charge in [-0.2, -0.15) is 0 Å². The van der Waals surface area contributed by atoms with Crippen molar-refractivity contribution in [3.8, 4) is 0 Å². The van der Waals surface area contributed by atoms with E-state index in [0.717, 1.165) is 36.8 Å². The van der Waals surface area contributed by atoms with E-state index in [-0.39, 0.29) is 18.6 Å². The van der Waals surface area contributed by atoms with E-state index in [1.165, 1.54) is 0 Å². The monoisotopic (exact) mass is 325 g/mol. The van der Waals surface area contributed by atoms with E-state index < -0.39 is 6.10 Å². The van der Waals surface area contributed by atoms with E-state index in [9.17, 15) is 9.90 Å². The van der Waals surface area contributed by atoms with Gasteiger partial charge in [-0.3, -0.25) is 4.79 Å². The van der Waals surface area contributed by atoms with E-state index >= 15 is 0 Å². The molecule has 3 rings (SSSR count). The Morgan fingerprint density at radius 2 is 1.88 bits per heavy atom. The molecule has 0 bridgehead atoms. The molecule has 0 spiro atoms. The molecule has 2 N–H and O–H groups in total. The first-order chi connectivity index (χ1) is 11.8. The molecule has 1 amide bonds. The zero-order chi connectivity index (χ0) is 16.8. The molecule has 4 heteroatoms. The van der Waals surface area contributed by atoms with Gasteiger partial charge in [-0.05, 0) is 36.1 Å². The summed E-state index contributed by atoms with van der Waals surface area (Å²) in [7, 11) is 0. The molecular formula is C20H23NO3. The Morgan fingerprint density at radius 3 is 2.58 bits per heavy atom. The van der Waals surface area contributed by atoms with Gasteiger partial charge in [0.1, 0.15) is 0 Å². The lowest BCUT2D eigenvalue weighted by Crippen LogP contribution is -2.26. The van der Waals surface area contributed by atoms with Crippen LogP contribution in [-0.2, 0) is 16.1 Å². The van der Waals surface area contributed by atoms with Crippen LogP contribution >= 0.6 is 0 Å². The van der Waals surface area contributed by atoms with Crippen LogP contribution in [0.5, 0.6) is 0 Å². The summed E-state index contributed by atoms with van der Waals surface area (Å²) in [5.41, 5.74) is 2.29. The predicted molar refractivity (Wildman–Crippen MR) is 93.5 cm³/mol. The number of carbonyl (C=O) groups excluding carboxylic acids is 1. The first-order valence-electron chi connectivity index (χ1n) is 8.47. The minimum absolute atomic E-state index is 0.0512. The minimum Gasteiger partial charge on any atom is -0.392 e. The third-order valence-corrected chi connectivity index (χ3v) is 4.35. The largest absolute Gasteiger partial charge is 0.392 e. The van der Waals surface area contributed by atoms with Gasteiger partial charge < -0.3 is 15.2 Å². The zero-order valence-electron chi connectivity index (χ0n) is 13.7. The highest BCUT2D eigenvalue weighted by Crippen LogP contribution is 2.29. The predicted octanol–water partition coefficient (Wildman–Crippen LogP) is 3.82. The lowest BCUT2D eigenvalue weighted by molar-refractivity contribution is -0.131. The van der Waals surface area contributed by atoms with E-state index in [4.69, 9.17) is 4.74 Å². The van der Waals surface area contributed by atoms with Crippen molar-refractivity contribution < 1.29 is 14.6 Å². The Balaban J connectivity index is 1.77. The number of aliphatic hydroxyl groups is 1. The van der Waals surface area contributed by atoms with Crippen molar-refractivity contribution in [2.45, 2.75) is 44.5 Å². The number of amides is 1. The number of nitrogens with one attached hydrogen (secondary N) is 1. The summed E-state index contributed by atoms with van der Waals surface area (Å²) >= 11 is 0. The van der Waals surface area contributed by atoms with Gasteiger partial charge >= 0.3 is 0 Å². The highest BCUT2D eigenvalue weighted by molar-refractivity contribution is 5.95. The van der Waals surface area contributed by atoms with Gasteiger partial charge in [0.25, 0.3) is 5.91 Å². The molecule has 1 aliphatic rings. The topological polar surface area (TPSA) is 58.6 Å². The van der Waals surface area contributed by atoms with Crippen LogP contribution in [0.1, 0.15) is 42.9 Å². The molecule has 1 aliphatic carbocycles. The van der Waals surface area contributed by atoms with Crippen LogP contribution in [0, 0.1) is 0 Å². The molecule has 2 aromatic rings. The lowest BCUT2D eigenvalue weighted by Gasteiger charge is -2.22. The lowest BCUT2D eigenvalue weighted by atomic mass is 10.1. The standard InChI is InChI=1S/C20H23NO3/c22-14-15-7-6-10-17(13-15)21-20(23)19(16-8-2-1-3-9-16)24-18-11-4-5-12-18/h1-3,6-10,13,18-19,22H,4-5,11-12,14H2,(H,21,23). The fraction of sp³-hybridized carbons (Fsp3) is 0.350. The molecule has 1 unspecified atom stereocenters.